The average molecular weight is 149 g/mol. The van der Waals surface area contributed by atoms with Gasteiger partial charge in [-0.2, -0.15) is 4.73 Å². The molecule has 0 unspecified atom stereocenters. The molecule has 2 rings (SSSR count). The van der Waals surface area contributed by atoms with Crippen LogP contribution in [-0.4, -0.2) is 14.9 Å². The number of anilines is 1. The summed E-state index contributed by atoms with van der Waals surface area (Å²) in [7, 11) is 0. The molecule has 0 atom stereocenters. The van der Waals surface area contributed by atoms with E-state index in [0.29, 0.717) is 11.3 Å². The van der Waals surface area contributed by atoms with Crippen LogP contribution in [0.4, 0.5) is 5.82 Å². The van der Waals surface area contributed by atoms with Gasteiger partial charge in [0.1, 0.15) is 11.3 Å². The smallest absolute Gasteiger partial charge is 0.140 e. The topological polar surface area (TPSA) is 64.1 Å². The number of nitrogen functional groups attached to an aromatic ring is 1. The van der Waals surface area contributed by atoms with E-state index < -0.39 is 0 Å². The van der Waals surface area contributed by atoms with Gasteiger partial charge in [-0.3, -0.25) is 4.98 Å². The van der Waals surface area contributed by atoms with E-state index in [1.807, 2.05) is 0 Å². The molecule has 0 bridgehead atoms. The molecule has 56 valence electrons. The molecule has 0 spiro atoms. The number of rotatable bonds is 0. The fraction of sp³-hybridized carbons (Fsp3) is 0. The highest BCUT2D eigenvalue weighted by atomic mass is 16.5. The molecule has 0 saturated heterocycles. The van der Waals surface area contributed by atoms with Crippen molar-refractivity contribution < 1.29 is 5.21 Å². The van der Waals surface area contributed by atoms with Gasteiger partial charge in [-0.05, 0) is 12.1 Å². The van der Waals surface area contributed by atoms with Gasteiger partial charge in [0.2, 0.25) is 0 Å². The third-order valence-corrected chi connectivity index (χ3v) is 1.61. The summed E-state index contributed by atoms with van der Waals surface area (Å²) in [6.45, 7) is 0. The maximum absolute atomic E-state index is 9.25. The van der Waals surface area contributed by atoms with Crippen LogP contribution in [0.1, 0.15) is 0 Å². The van der Waals surface area contributed by atoms with Crippen LogP contribution in [0.15, 0.2) is 24.5 Å². The Morgan fingerprint density at radius 1 is 1.55 bits per heavy atom. The molecule has 0 saturated carbocycles. The lowest BCUT2D eigenvalue weighted by Crippen LogP contribution is -1.95. The van der Waals surface area contributed by atoms with E-state index in [2.05, 4.69) is 4.98 Å². The Balaban J connectivity index is 2.92. The molecule has 0 aliphatic rings. The SMILES string of the molecule is Nc1cc2ccncc2n1O. The molecule has 0 aliphatic carbocycles. The molecular weight excluding hydrogens is 142 g/mol. The van der Waals surface area contributed by atoms with E-state index in [-0.39, 0.29) is 0 Å². The van der Waals surface area contributed by atoms with Crippen LogP contribution in [0.5, 0.6) is 0 Å². The van der Waals surface area contributed by atoms with Crippen LogP contribution in [0.25, 0.3) is 10.9 Å². The van der Waals surface area contributed by atoms with Crippen molar-refractivity contribution in [1.82, 2.24) is 9.71 Å². The summed E-state index contributed by atoms with van der Waals surface area (Å²) in [6.07, 6.45) is 3.22. The first-order valence-corrected chi connectivity index (χ1v) is 3.19. The minimum atomic E-state index is 0.327. The summed E-state index contributed by atoms with van der Waals surface area (Å²) >= 11 is 0. The third-order valence-electron chi connectivity index (χ3n) is 1.61. The Kier molecular flexibility index (Phi) is 1.03. The molecule has 0 aliphatic heterocycles. The number of hydrogen-bond acceptors (Lipinski definition) is 3. The molecule has 2 aromatic heterocycles. The van der Waals surface area contributed by atoms with Gasteiger partial charge in [-0.25, -0.2) is 0 Å². The van der Waals surface area contributed by atoms with Crippen molar-refractivity contribution in [3.8, 4) is 0 Å². The highest BCUT2D eigenvalue weighted by Crippen LogP contribution is 2.17. The van der Waals surface area contributed by atoms with E-state index in [0.717, 1.165) is 10.1 Å². The molecule has 0 amide bonds. The number of fused-ring (bicyclic) bond motifs is 1. The monoisotopic (exact) mass is 149 g/mol. The van der Waals surface area contributed by atoms with Crippen LogP contribution < -0.4 is 5.73 Å². The maximum atomic E-state index is 9.25. The Morgan fingerprint density at radius 2 is 2.36 bits per heavy atom. The van der Waals surface area contributed by atoms with Gasteiger partial charge in [0.05, 0.1) is 6.20 Å². The molecule has 2 heterocycles. The molecule has 0 radical (unpaired) electrons. The molecule has 0 fully saturated rings. The first-order chi connectivity index (χ1) is 5.29. The van der Waals surface area contributed by atoms with E-state index in [4.69, 9.17) is 5.73 Å². The minimum Gasteiger partial charge on any atom is -0.426 e. The lowest BCUT2D eigenvalue weighted by Gasteiger charge is -1.93. The lowest BCUT2D eigenvalue weighted by atomic mass is 10.3. The predicted octanol–water partition coefficient (Wildman–Crippen LogP) is 0.856. The van der Waals surface area contributed by atoms with Crippen LogP contribution in [0.2, 0.25) is 0 Å². The van der Waals surface area contributed by atoms with E-state index in [1.54, 1.807) is 24.5 Å². The summed E-state index contributed by atoms with van der Waals surface area (Å²) in [6, 6.07) is 3.48. The Morgan fingerprint density at radius 3 is 3.09 bits per heavy atom. The predicted molar refractivity (Wildman–Crippen MR) is 41.3 cm³/mol. The van der Waals surface area contributed by atoms with Crippen molar-refractivity contribution in [2.75, 3.05) is 5.73 Å². The summed E-state index contributed by atoms with van der Waals surface area (Å²) in [5, 5.41) is 10.1. The Bertz CT molecular complexity index is 393. The van der Waals surface area contributed by atoms with Crippen molar-refractivity contribution in [2.24, 2.45) is 0 Å². The molecule has 2 aromatic rings. The highest BCUT2D eigenvalue weighted by Gasteiger charge is 2.02. The highest BCUT2D eigenvalue weighted by molar-refractivity contribution is 5.82. The molecule has 11 heavy (non-hydrogen) atoms. The van der Waals surface area contributed by atoms with E-state index in [9.17, 15) is 5.21 Å². The number of hydrogen-bond donors (Lipinski definition) is 2. The third kappa shape index (κ3) is 0.724. The van der Waals surface area contributed by atoms with Crippen molar-refractivity contribution in [2.45, 2.75) is 0 Å². The standard InChI is InChI=1S/C7H7N3O/c8-7-3-5-1-2-9-4-6(5)10(7)11/h1-4,11H,8H2. The van der Waals surface area contributed by atoms with Gasteiger partial charge >= 0.3 is 0 Å². The van der Waals surface area contributed by atoms with Gasteiger partial charge in [0.25, 0.3) is 0 Å². The quantitative estimate of drug-likeness (QED) is 0.546. The van der Waals surface area contributed by atoms with Gasteiger partial charge in [-0.15, -0.1) is 0 Å². The summed E-state index contributed by atoms with van der Waals surface area (Å²) in [5.41, 5.74) is 6.07. The minimum absolute atomic E-state index is 0.327. The Labute approximate surface area is 62.8 Å². The largest absolute Gasteiger partial charge is 0.426 e. The van der Waals surface area contributed by atoms with Crippen LogP contribution in [-0.2, 0) is 0 Å². The normalized spacial score (nSPS) is 10.5. The molecule has 4 nitrogen and oxygen atoms in total. The summed E-state index contributed by atoms with van der Waals surface area (Å²) < 4.78 is 0.919. The lowest BCUT2D eigenvalue weighted by molar-refractivity contribution is 0.206. The number of nitrogens with two attached hydrogens (primary N) is 1. The van der Waals surface area contributed by atoms with Crippen molar-refractivity contribution in [3.05, 3.63) is 24.5 Å². The number of nitrogens with zero attached hydrogens (tertiary/aromatic N) is 2. The van der Waals surface area contributed by atoms with Crippen LogP contribution >= 0.6 is 0 Å². The van der Waals surface area contributed by atoms with Gasteiger partial charge < -0.3 is 10.9 Å². The number of aromatic nitrogens is 2. The zero-order valence-corrected chi connectivity index (χ0v) is 5.73. The van der Waals surface area contributed by atoms with Crippen molar-refractivity contribution in [1.29, 1.82) is 0 Å². The molecular formula is C7H7N3O. The average Bonchev–Trinajstić information content (AvgIpc) is 2.30. The van der Waals surface area contributed by atoms with Gasteiger partial charge in [0.15, 0.2) is 0 Å². The maximum Gasteiger partial charge on any atom is 0.140 e. The summed E-state index contributed by atoms with van der Waals surface area (Å²) in [4.78, 5) is 3.85. The van der Waals surface area contributed by atoms with Crippen molar-refractivity contribution in [3.63, 3.8) is 0 Å². The molecule has 3 N–H and O–H groups in total. The second-order valence-corrected chi connectivity index (χ2v) is 2.32. The van der Waals surface area contributed by atoms with E-state index >= 15 is 0 Å². The zero-order chi connectivity index (χ0) is 7.84. The zero-order valence-electron chi connectivity index (χ0n) is 5.73. The Hall–Kier alpha value is -1.71. The van der Waals surface area contributed by atoms with E-state index in [1.165, 1.54) is 0 Å². The van der Waals surface area contributed by atoms with Gasteiger partial charge in [-0.1, -0.05) is 0 Å². The second-order valence-electron chi connectivity index (χ2n) is 2.32. The summed E-state index contributed by atoms with van der Waals surface area (Å²) in [5.74, 6) is 0.327. The number of pyridine rings is 1. The van der Waals surface area contributed by atoms with Crippen LogP contribution in [0, 0.1) is 0 Å². The van der Waals surface area contributed by atoms with Gasteiger partial charge in [0, 0.05) is 11.6 Å². The first kappa shape index (κ1) is 6.03. The molecule has 0 aromatic carbocycles. The second kappa shape index (κ2) is 1.88. The first-order valence-electron chi connectivity index (χ1n) is 3.19. The molecule has 4 heteroatoms. The fourth-order valence-corrected chi connectivity index (χ4v) is 1.06. The fourth-order valence-electron chi connectivity index (χ4n) is 1.06. The van der Waals surface area contributed by atoms with Crippen LogP contribution in [0.3, 0.4) is 0 Å². The van der Waals surface area contributed by atoms with Crippen molar-refractivity contribution >= 4 is 16.7 Å².